The van der Waals surface area contributed by atoms with E-state index in [0.717, 1.165) is 32.1 Å². The maximum absolute atomic E-state index is 14.9. The van der Waals surface area contributed by atoms with Crippen LogP contribution in [0.4, 0.5) is 0 Å². The molecule has 0 spiro atoms. The molecule has 0 radical (unpaired) electrons. The number of allylic oxidation sites excluding steroid dienone is 2. The minimum atomic E-state index is -1.47. The summed E-state index contributed by atoms with van der Waals surface area (Å²) in [6.07, 6.45) is 2.57. The predicted molar refractivity (Wildman–Crippen MR) is 189 cm³/mol. The van der Waals surface area contributed by atoms with Gasteiger partial charge in [0.1, 0.15) is 5.41 Å². The van der Waals surface area contributed by atoms with Crippen LogP contribution in [0.3, 0.4) is 0 Å². The van der Waals surface area contributed by atoms with Crippen molar-refractivity contribution in [2.24, 2.45) is 50.2 Å². The van der Waals surface area contributed by atoms with Gasteiger partial charge in [-0.3, -0.25) is 19.2 Å². The molecule has 1 aliphatic heterocycles. The minimum absolute atomic E-state index is 0.0253. The van der Waals surface area contributed by atoms with E-state index in [9.17, 15) is 29.4 Å². The van der Waals surface area contributed by atoms with Crippen LogP contribution in [0, 0.1) is 50.2 Å². The van der Waals surface area contributed by atoms with Crippen LogP contribution in [0.25, 0.3) is 0 Å². The second-order valence-corrected chi connectivity index (χ2v) is 19.3. The number of carbonyl (C=O) groups excluding carboxylic acids is 4. The highest BCUT2D eigenvalue weighted by Crippen LogP contribution is 2.75. The van der Waals surface area contributed by atoms with Gasteiger partial charge in [0, 0.05) is 20.8 Å². The van der Waals surface area contributed by atoms with Gasteiger partial charge in [0.25, 0.3) is 0 Å². The number of carbonyl (C=O) groups is 4. The lowest BCUT2D eigenvalue weighted by Crippen LogP contribution is -2.68. The van der Waals surface area contributed by atoms with Crippen LogP contribution in [0.2, 0.25) is 0 Å². The van der Waals surface area contributed by atoms with Gasteiger partial charge in [-0.25, -0.2) is 0 Å². The Balaban J connectivity index is 1.37. The standard InChI is InChI=1S/C41H62O11/c1-22(42)49-27-21-48-34(33(51-24(3)44)32(27)50-23(2)43)52-35(47)41-18-17-36(4,5)19-26(41)25-11-12-29-38(8)15-14-30(45)37(6,7)28(38)13-16-39(29,9)40(25,10)20-31(41)46/h11,26-34,45-46H,12-21H2,1-10H3/t26-,27+,28?,29+,30-,31?,32-,33-,34+,38-,39+,40+,41+/m0/s1. The first kappa shape index (κ1) is 39.2. The molecule has 11 nitrogen and oxygen atoms in total. The van der Waals surface area contributed by atoms with Crippen LogP contribution in [0.5, 0.6) is 0 Å². The Morgan fingerprint density at radius 3 is 2.00 bits per heavy atom. The molecule has 11 heteroatoms. The second-order valence-electron chi connectivity index (χ2n) is 19.3. The maximum Gasteiger partial charge on any atom is 0.317 e. The Morgan fingerprint density at radius 2 is 1.37 bits per heavy atom. The molecule has 0 aromatic heterocycles. The van der Waals surface area contributed by atoms with Gasteiger partial charge in [0.15, 0.2) is 12.2 Å². The van der Waals surface area contributed by atoms with Gasteiger partial charge in [-0.15, -0.1) is 0 Å². The number of aliphatic hydroxyl groups is 2. The van der Waals surface area contributed by atoms with Gasteiger partial charge in [0.2, 0.25) is 12.4 Å². The molecule has 13 atom stereocenters. The number of hydrogen-bond acceptors (Lipinski definition) is 11. The van der Waals surface area contributed by atoms with Crippen molar-refractivity contribution in [3.05, 3.63) is 11.6 Å². The van der Waals surface area contributed by atoms with Crippen molar-refractivity contribution >= 4 is 23.9 Å². The first-order valence-electron chi connectivity index (χ1n) is 19.4. The van der Waals surface area contributed by atoms with Gasteiger partial charge < -0.3 is 33.9 Å². The summed E-state index contributed by atoms with van der Waals surface area (Å²) in [7, 11) is 0. The molecular formula is C41H62O11. The third kappa shape index (κ3) is 5.94. The maximum atomic E-state index is 14.9. The summed E-state index contributed by atoms with van der Waals surface area (Å²) in [6, 6.07) is 0. The Hall–Kier alpha value is -2.50. The summed E-state index contributed by atoms with van der Waals surface area (Å²) >= 11 is 0. The molecule has 0 aromatic rings. The van der Waals surface area contributed by atoms with Crippen molar-refractivity contribution in [1.29, 1.82) is 0 Å². The van der Waals surface area contributed by atoms with E-state index in [4.69, 9.17) is 23.7 Å². The molecule has 4 saturated carbocycles. The molecule has 0 amide bonds. The molecule has 52 heavy (non-hydrogen) atoms. The lowest BCUT2D eigenvalue weighted by atomic mass is 9.33. The van der Waals surface area contributed by atoms with E-state index in [1.54, 1.807) is 0 Å². The monoisotopic (exact) mass is 730 g/mol. The molecular weight excluding hydrogens is 668 g/mol. The van der Waals surface area contributed by atoms with E-state index in [1.807, 2.05) is 0 Å². The molecule has 1 heterocycles. The molecule has 5 fully saturated rings. The van der Waals surface area contributed by atoms with Crippen molar-refractivity contribution in [2.45, 2.75) is 164 Å². The third-order valence-corrected chi connectivity index (χ3v) is 15.6. The molecule has 6 rings (SSSR count). The lowest BCUT2D eigenvalue weighted by molar-refractivity contribution is -0.282. The van der Waals surface area contributed by atoms with Gasteiger partial charge >= 0.3 is 23.9 Å². The number of ether oxygens (including phenoxy) is 5. The summed E-state index contributed by atoms with van der Waals surface area (Å²) in [5, 5.41) is 23.7. The Kier molecular flexibility index (Phi) is 9.85. The largest absolute Gasteiger partial charge is 0.456 e. The molecule has 292 valence electrons. The van der Waals surface area contributed by atoms with Crippen molar-refractivity contribution < 1.29 is 53.1 Å². The summed E-state index contributed by atoms with van der Waals surface area (Å²) in [6.45, 7) is 19.4. The first-order chi connectivity index (χ1) is 24.0. The van der Waals surface area contributed by atoms with Gasteiger partial charge in [0.05, 0.1) is 18.8 Å². The van der Waals surface area contributed by atoms with Crippen molar-refractivity contribution in [3.63, 3.8) is 0 Å². The van der Waals surface area contributed by atoms with E-state index in [2.05, 4.69) is 54.5 Å². The number of aliphatic hydroxyl groups excluding tert-OH is 2. The van der Waals surface area contributed by atoms with E-state index < -0.39 is 60.0 Å². The summed E-state index contributed by atoms with van der Waals surface area (Å²) < 4.78 is 28.5. The number of rotatable bonds is 5. The van der Waals surface area contributed by atoms with Crippen LogP contribution in [-0.4, -0.2) is 77.5 Å². The highest BCUT2D eigenvalue weighted by Gasteiger charge is 2.71. The lowest BCUT2D eigenvalue weighted by Gasteiger charge is -2.71. The zero-order valence-electron chi connectivity index (χ0n) is 32.9. The van der Waals surface area contributed by atoms with Crippen LogP contribution < -0.4 is 0 Å². The van der Waals surface area contributed by atoms with E-state index in [0.29, 0.717) is 37.5 Å². The highest BCUT2D eigenvalue weighted by atomic mass is 16.7. The smallest absolute Gasteiger partial charge is 0.317 e. The average molecular weight is 731 g/mol. The van der Waals surface area contributed by atoms with Crippen molar-refractivity contribution in [1.82, 2.24) is 0 Å². The van der Waals surface area contributed by atoms with Gasteiger partial charge in [-0.05, 0) is 103 Å². The molecule has 0 aromatic carbocycles. The van der Waals surface area contributed by atoms with Crippen LogP contribution in [-0.2, 0) is 42.9 Å². The zero-order chi connectivity index (χ0) is 38.4. The topological polar surface area (TPSA) is 155 Å². The third-order valence-electron chi connectivity index (χ3n) is 15.6. The Morgan fingerprint density at radius 1 is 0.731 bits per heavy atom. The molecule has 0 bridgehead atoms. The summed E-state index contributed by atoms with van der Waals surface area (Å²) in [4.78, 5) is 51.3. The SMILES string of the molecule is CC(=O)O[C@@H]1[C@@H](OC(=O)[C@]23CCC(C)(C)C[C@H]2C2=CC[C@@H]4[C@@]5(C)CC[C@H](O)C(C)(C)C5CC[C@@]4(C)[C@]2(C)CC3O)OC[C@@H](OC(C)=O)[C@@H]1OC(C)=O. The molecule has 2 N–H and O–H groups in total. The fourth-order valence-electron chi connectivity index (χ4n) is 12.7. The average Bonchev–Trinajstić information content (AvgIpc) is 3.01. The first-order valence-corrected chi connectivity index (χ1v) is 19.4. The molecule has 1 saturated heterocycles. The molecule has 5 aliphatic carbocycles. The fourth-order valence-corrected chi connectivity index (χ4v) is 12.7. The minimum Gasteiger partial charge on any atom is -0.456 e. The van der Waals surface area contributed by atoms with Crippen LogP contribution in [0.1, 0.15) is 127 Å². The number of hydrogen-bond donors (Lipinski definition) is 2. The van der Waals surface area contributed by atoms with E-state index in [1.165, 1.54) is 26.3 Å². The van der Waals surface area contributed by atoms with Crippen molar-refractivity contribution in [2.75, 3.05) is 6.61 Å². The van der Waals surface area contributed by atoms with Crippen molar-refractivity contribution in [3.8, 4) is 0 Å². The Labute approximate surface area is 308 Å². The Bertz CT molecular complexity index is 1500. The van der Waals surface area contributed by atoms with Gasteiger partial charge in [-0.2, -0.15) is 0 Å². The number of esters is 4. The van der Waals surface area contributed by atoms with Crippen LogP contribution in [0.15, 0.2) is 11.6 Å². The normalized spacial score (nSPS) is 46.1. The predicted octanol–water partition coefficient (Wildman–Crippen LogP) is 5.81. The summed E-state index contributed by atoms with van der Waals surface area (Å²) in [5.41, 5.74) is -0.840. The molecule has 2 unspecified atom stereocenters. The summed E-state index contributed by atoms with van der Waals surface area (Å²) in [5.74, 6) is -2.28. The van der Waals surface area contributed by atoms with E-state index >= 15 is 0 Å². The van der Waals surface area contributed by atoms with Gasteiger partial charge in [-0.1, -0.05) is 60.1 Å². The fraction of sp³-hybridized carbons (Fsp3) is 0.854. The second kappa shape index (κ2) is 13.1. The quantitative estimate of drug-likeness (QED) is 0.200. The zero-order valence-corrected chi connectivity index (χ0v) is 32.9. The molecule has 6 aliphatic rings. The highest BCUT2D eigenvalue weighted by molar-refractivity contribution is 5.80. The van der Waals surface area contributed by atoms with E-state index in [-0.39, 0.29) is 45.7 Å². The van der Waals surface area contributed by atoms with Crippen LogP contribution >= 0.6 is 0 Å². The number of fused-ring (bicyclic) bond motifs is 7.